The molecule has 0 saturated carbocycles. The van der Waals surface area contributed by atoms with Gasteiger partial charge in [-0.15, -0.1) is 0 Å². The normalized spacial score (nSPS) is 15.4. The molecule has 0 fully saturated rings. The number of rotatable bonds is 9. The van der Waals surface area contributed by atoms with E-state index in [2.05, 4.69) is 33.4 Å². The number of ether oxygens (including phenoxy) is 1. The molecule has 8 heteroatoms. The van der Waals surface area contributed by atoms with Crippen LogP contribution < -0.4 is 10.2 Å². The lowest BCUT2D eigenvalue weighted by molar-refractivity contribution is -0.140. The number of hydrogen-bond acceptors (Lipinski definition) is 6. The number of esters is 1. The molecule has 0 bridgehead atoms. The van der Waals surface area contributed by atoms with E-state index in [-0.39, 0.29) is 35.2 Å². The van der Waals surface area contributed by atoms with Crippen LogP contribution >= 0.6 is 11.8 Å². The van der Waals surface area contributed by atoms with Crippen LogP contribution in [0, 0.1) is 5.92 Å². The van der Waals surface area contributed by atoms with Crippen LogP contribution in [-0.2, 0) is 32.0 Å². The average Bonchev–Trinajstić information content (AvgIpc) is 3.43. The Morgan fingerprint density at radius 1 is 1.19 bits per heavy atom. The molecular weight excluding hydrogens is 474 g/mol. The Morgan fingerprint density at radius 2 is 1.97 bits per heavy atom. The zero-order valence-corrected chi connectivity index (χ0v) is 22.0. The molecule has 0 spiro atoms. The van der Waals surface area contributed by atoms with E-state index in [1.807, 2.05) is 38.4 Å². The molecule has 2 aromatic carbocycles. The molecule has 1 aliphatic rings. The molecule has 1 amide bonds. The lowest BCUT2D eigenvalue weighted by Crippen LogP contribution is -2.30. The first-order chi connectivity index (χ1) is 17.3. The topological polar surface area (TPSA) is 91.5 Å². The number of hydrogen-bond donors (Lipinski definition) is 2. The van der Waals surface area contributed by atoms with Crippen LogP contribution in [0.2, 0.25) is 0 Å². The van der Waals surface area contributed by atoms with Crippen LogP contribution in [0.3, 0.4) is 0 Å². The summed E-state index contributed by atoms with van der Waals surface area (Å²) in [5.41, 5.74) is 5.37. The highest BCUT2D eigenvalue weighted by molar-refractivity contribution is 8.13. The Hall–Kier alpha value is -3.26. The van der Waals surface area contributed by atoms with E-state index in [1.54, 1.807) is 0 Å². The number of fused-ring (bicyclic) bond motifs is 2. The van der Waals surface area contributed by atoms with E-state index in [9.17, 15) is 14.4 Å². The van der Waals surface area contributed by atoms with Gasteiger partial charge in [-0.05, 0) is 54.5 Å². The minimum absolute atomic E-state index is 0.00152. The average molecular weight is 508 g/mol. The summed E-state index contributed by atoms with van der Waals surface area (Å²) in [6.45, 7) is 1.54. The number of aromatic nitrogens is 1. The molecule has 0 aliphatic heterocycles. The highest BCUT2D eigenvalue weighted by Crippen LogP contribution is 2.42. The molecule has 3 aromatic rings. The lowest BCUT2D eigenvalue weighted by Gasteiger charge is -2.24. The third kappa shape index (κ3) is 5.59. The largest absolute Gasteiger partial charge is 0.469 e. The van der Waals surface area contributed by atoms with Crippen molar-refractivity contribution in [2.75, 3.05) is 37.2 Å². The second-order valence-electron chi connectivity index (χ2n) is 9.42. The standard InChI is InChI=1S/C28H33N3O4S/c1-17(32)36-16-24(21-11-9-18-15-19(31(2)3)10-12-20(18)21)28(34)30-27-23(13-14-26(33)35-4)22-7-5-6-8-25(22)29-27/h5-8,10,12,15,21,24,29H,9,11,13-14,16H2,1-4H3,(H,30,34). The van der Waals surface area contributed by atoms with Crippen LogP contribution in [0.15, 0.2) is 42.5 Å². The van der Waals surface area contributed by atoms with Crippen molar-refractivity contribution >= 4 is 51.2 Å². The van der Waals surface area contributed by atoms with Gasteiger partial charge in [-0.25, -0.2) is 0 Å². The van der Waals surface area contributed by atoms with Crippen molar-refractivity contribution in [3.05, 3.63) is 59.2 Å². The van der Waals surface area contributed by atoms with Gasteiger partial charge < -0.3 is 19.9 Å². The molecule has 0 saturated heterocycles. The molecule has 2 unspecified atom stereocenters. The van der Waals surface area contributed by atoms with Crippen molar-refractivity contribution < 1.29 is 19.1 Å². The maximum absolute atomic E-state index is 13.8. The fraction of sp³-hybridized carbons (Fsp3) is 0.393. The summed E-state index contributed by atoms with van der Waals surface area (Å²) in [5, 5.41) is 4.09. The summed E-state index contributed by atoms with van der Waals surface area (Å²) < 4.78 is 4.82. The minimum Gasteiger partial charge on any atom is -0.469 e. The number of amides is 1. The van der Waals surface area contributed by atoms with E-state index in [1.165, 1.54) is 36.9 Å². The number of methoxy groups -OCH3 is 1. The first-order valence-corrected chi connectivity index (χ1v) is 13.2. The predicted molar refractivity (Wildman–Crippen MR) is 146 cm³/mol. The van der Waals surface area contributed by atoms with Gasteiger partial charge in [0.1, 0.15) is 5.82 Å². The fourth-order valence-corrected chi connectivity index (χ4v) is 5.82. The maximum atomic E-state index is 13.8. The molecule has 2 N–H and O–H groups in total. The third-order valence-corrected chi connectivity index (χ3v) is 7.86. The fourth-order valence-electron chi connectivity index (χ4n) is 5.03. The zero-order chi connectivity index (χ0) is 25.8. The summed E-state index contributed by atoms with van der Waals surface area (Å²) in [6.07, 6.45) is 2.44. The number of aromatic amines is 1. The number of carbonyl (C=O) groups excluding carboxylic acids is 3. The van der Waals surface area contributed by atoms with Crippen LogP contribution in [0.5, 0.6) is 0 Å². The minimum atomic E-state index is -0.370. The lowest BCUT2D eigenvalue weighted by atomic mass is 9.87. The number of benzene rings is 2. The third-order valence-electron chi connectivity index (χ3n) is 6.92. The van der Waals surface area contributed by atoms with Gasteiger partial charge in [0, 0.05) is 55.3 Å². The van der Waals surface area contributed by atoms with Crippen molar-refractivity contribution in [2.45, 2.75) is 38.5 Å². The predicted octanol–water partition coefficient (Wildman–Crippen LogP) is 4.90. The van der Waals surface area contributed by atoms with E-state index >= 15 is 0 Å². The van der Waals surface area contributed by atoms with Gasteiger partial charge in [0.2, 0.25) is 5.91 Å². The van der Waals surface area contributed by atoms with Gasteiger partial charge >= 0.3 is 5.97 Å². The first-order valence-electron chi connectivity index (χ1n) is 12.2. The molecule has 0 radical (unpaired) electrons. The number of thioether (sulfide) groups is 1. The molecular formula is C28H33N3O4S. The van der Waals surface area contributed by atoms with Gasteiger partial charge in [0.05, 0.1) is 13.0 Å². The molecule has 190 valence electrons. The van der Waals surface area contributed by atoms with Gasteiger partial charge in [-0.3, -0.25) is 14.4 Å². The van der Waals surface area contributed by atoms with Crippen molar-refractivity contribution in [3.8, 4) is 0 Å². The Balaban J connectivity index is 1.63. The van der Waals surface area contributed by atoms with E-state index in [0.717, 1.165) is 35.0 Å². The van der Waals surface area contributed by atoms with Gasteiger partial charge in [-0.1, -0.05) is 36.0 Å². The molecule has 1 heterocycles. The number of nitrogens with zero attached hydrogens (tertiary/aromatic N) is 1. The number of aryl methyl sites for hydroxylation is 2. The second kappa shape index (κ2) is 11.2. The van der Waals surface area contributed by atoms with Crippen molar-refractivity contribution in [2.24, 2.45) is 5.92 Å². The van der Waals surface area contributed by atoms with Crippen molar-refractivity contribution in [1.82, 2.24) is 4.98 Å². The Labute approximate surface area is 216 Å². The molecule has 4 rings (SSSR count). The Bertz CT molecular complexity index is 1280. The van der Waals surface area contributed by atoms with Gasteiger partial charge in [-0.2, -0.15) is 0 Å². The van der Waals surface area contributed by atoms with Crippen molar-refractivity contribution in [1.29, 1.82) is 0 Å². The van der Waals surface area contributed by atoms with Gasteiger partial charge in [0.15, 0.2) is 5.12 Å². The number of para-hydroxylation sites is 1. The van der Waals surface area contributed by atoms with Crippen LogP contribution in [-0.4, -0.2) is 48.9 Å². The number of anilines is 2. The summed E-state index contributed by atoms with van der Waals surface area (Å²) in [7, 11) is 5.41. The number of H-pyrrole nitrogens is 1. The summed E-state index contributed by atoms with van der Waals surface area (Å²) in [4.78, 5) is 42.8. The highest BCUT2D eigenvalue weighted by atomic mass is 32.2. The molecule has 1 aliphatic carbocycles. The second-order valence-corrected chi connectivity index (χ2v) is 10.6. The highest BCUT2D eigenvalue weighted by Gasteiger charge is 2.35. The number of nitrogens with one attached hydrogen (secondary N) is 2. The zero-order valence-electron chi connectivity index (χ0n) is 21.2. The molecule has 7 nitrogen and oxygen atoms in total. The first kappa shape index (κ1) is 25.8. The summed E-state index contributed by atoms with van der Waals surface area (Å²) >= 11 is 1.19. The van der Waals surface area contributed by atoms with E-state index in [4.69, 9.17) is 4.74 Å². The Morgan fingerprint density at radius 3 is 2.69 bits per heavy atom. The summed E-state index contributed by atoms with van der Waals surface area (Å²) in [5.74, 6) is 0.260. The summed E-state index contributed by atoms with van der Waals surface area (Å²) in [6, 6.07) is 14.2. The quantitative estimate of drug-likeness (QED) is 0.400. The van der Waals surface area contributed by atoms with Gasteiger partial charge in [0.25, 0.3) is 0 Å². The smallest absolute Gasteiger partial charge is 0.305 e. The monoisotopic (exact) mass is 507 g/mol. The van der Waals surface area contributed by atoms with Crippen LogP contribution in [0.25, 0.3) is 10.9 Å². The molecule has 36 heavy (non-hydrogen) atoms. The van der Waals surface area contributed by atoms with E-state index in [0.29, 0.717) is 18.0 Å². The SMILES string of the molecule is COC(=O)CCc1c(NC(=O)C(CSC(C)=O)C2CCc3cc(N(C)C)ccc32)[nH]c2ccccc12. The van der Waals surface area contributed by atoms with E-state index < -0.39 is 0 Å². The molecule has 1 aromatic heterocycles. The van der Waals surface area contributed by atoms with Crippen LogP contribution in [0.1, 0.15) is 42.4 Å². The van der Waals surface area contributed by atoms with Crippen molar-refractivity contribution in [3.63, 3.8) is 0 Å². The molecule has 2 atom stereocenters. The number of carbonyl (C=O) groups is 3. The maximum Gasteiger partial charge on any atom is 0.305 e. The van der Waals surface area contributed by atoms with Crippen LogP contribution in [0.4, 0.5) is 11.5 Å². The Kier molecular flexibility index (Phi) is 8.04.